The van der Waals surface area contributed by atoms with Crippen molar-refractivity contribution in [1.82, 2.24) is 0 Å². The van der Waals surface area contributed by atoms with Crippen LogP contribution >= 0.6 is 0 Å². The van der Waals surface area contributed by atoms with Gasteiger partial charge in [0.2, 0.25) is 0 Å². The van der Waals surface area contributed by atoms with Crippen molar-refractivity contribution in [2.75, 3.05) is 6.61 Å². The molecule has 4 heteroatoms. The number of rotatable bonds is 4. The molecule has 112 valence electrons. The molecule has 0 aromatic heterocycles. The van der Waals surface area contributed by atoms with Crippen LogP contribution in [0.4, 0.5) is 0 Å². The fourth-order valence-corrected chi connectivity index (χ4v) is 2.77. The van der Waals surface area contributed by atoms with Crippen molar-refractivity contribution in [2.45, 2.75) is 71.6 Å². The molecule has 19 heavy (non-hydrogen) atoms. The van der Waals surface area contributed by atoms with Crippen molar-refractivity contribution in [3.05, 3.63) is 0 Å². The van der Waals surface area contributed by atoms with Crippen LogP contribution in [-0.2, 0) is 4.43 Å². The van der Waals surface area contributed by atoms with Crippen LogP contribution in [0.1, 0.15) is 27.7 Å². The van der Waals surface area contributed by atoms with Gasteiger partial charge in [0.15, 0.2) is 8.32 Å². The number of aliphatic hydroxyl groups excluding tert-OH is 1. The van der Waals surface area contributed by atoms with Gasteiger partial charge in [0, 0.05) is 12.5 Å². The highest BCUT2D eigenvalue weighted by molar-refractivity contribution is 6.83. The summed E-state index contributed by atoms with van der Waals surface area (Å²) in [5, 5.41) is 10.3. The molecular formula is C15H32O2Si2. The lowest BCUT2D eigenvalue weighted by Crippen LogP contribution is -2.42. The second-order valence-corrected chi connectivity index (χ2v) is 17.6. The first-order valence-electron chi connectivity index (χ1n) is 7.11. The van der Waals surface area contributed by atoms with Gasteiger partial charge in [-0.3, -0.25) is 0 Å². The van der Waals surface area contributed by atoms with Crippen molar-refractivity contribution in [3.63, 3.8) is 0 Å². The molecule has 1 N–H and O–H groups in total. The van der Waals surface area contributed by atoms with E-state index >= 15 is 0 Å². The third kappa shape index (κ3) is 7.31. The van der Waals surface area contributed by atoms with E-state index in [4.69, 9.17) is 4.43 Å². The molecule has 0 unspecified atom stereocenters. The minimum Gasteiger partial charge on any atom is -0.416 e. The third-order valence-corrected chi connectivity index (χ3v) is 9.04. The van der Waals surface area contributed by atoms with Crippen molar-refractivity contribution in [3.8, 4) is 11.5 Å². The Bertz CT molecular complexity index is 340. The third-order valence-electron chi connectivity index (χ3n) is 3.65. The van der Waals surface area contributed by atoms with E-state index < -0.39 is 22.5 Å². The molecule has 0 spiro atoms. The van der Waals surface area contributed by atoms with Gasteiger partial charge in [-0.1, -0.05) is 53.3 Å². The highest BCUT2D eigenvalue weighted by atomic mass is 28.4. The van der Waals surface area contributed by atoms with Crippen LogP contribution in [0.3, 0.4) is 0 Å². The van der Waals surface area contributed by atoms with Gasteiger partial charge >= 0.3 is 0 Å². The topological polar surface area (TPSA) is 29.5 Å². The first-order chi connectivity index (χ1) is 8.26. The summed E-state index contributed by atoms with van der Waals surface area (Å²) in [6.45, 7) is 20.3. The summed E-state index contributed by atoms with van der Waals surface area (Å²) in [6.07, 6.45) is -0.573. The number of aliphatic hydroxyl groups is 1. The van der Waals surface area contributed by atoms with E-state index in [-0.39, 0.29) is 11.0 Å². The quantitative estimate of drug-likeness (QED) is 0.630. The Balaban J connectivity index is 4.47. The minimum absolute atomic E-state index is 0.0676. The Labute approximate surface area is 122 Å². The van der Waals surface area contributed by atoms with Gasteiger partial charge in [-0.05, 0) is 18.1 Å². The van der Waals surface area contributed by atoms with E-state index in [0.717, 1.165) is 0 Å². The molecule has 0 bridgehead atoms. The predicted octanol–water partition coefficient (Wildman–Crippen LogP) is 3.89. The first kappa shape index (κ1) is 18.9. The predicted molar refractivity (Wildman–Crippen MR) is 89.4 cm³/mol. The zero-order chi connectivity index (χ0) is 15.5. The standard InChI is InChI=1S/C15H32O2Si2/c1-13(14(16)10-11-18(5,6)7)12-17-19(8,9)15(2,3)4/h13-14,16H,12H2,1-9H3/t13-,14+/m1/s1. The lowest BCUT2D eigenvalue weighted by atomic mass is 10.1. The minimum atomic E-state index is -1.72. The van der Waals surface area contributed by atoms with Crippen molar-refractivity contribution >= 4 is 16.4 Å². The van der Waals surface area contributed by atoms with Crippen LogP contribution in [0, 0.1) is 17.4 Å². The van der Waals surface area contributed by atoms with E-state index in [1.807, 2.05) is 6.92 Å². The summed E-state index contributed by atoms with van der Waals surface area (Å²) in [7, 11) is -3.13. The van der Waals surface area contributed by atoms with Crippen LogP contribution in [0.5, 0.6) is 0 Å². The van der Waals surface area contributed by atoms with Crippen LogP contribution in [0.2, 0.25) is 37.8 Å². The summed E-state index contributed by atoms with van der Waals surface area (Å²) in [5.74, 6) is 3.07. The van der Waals surface area contributed by atoms with Crippen LogP contribution in [-0.4, -0.2) is 34.2 Å². The van der Waals surface area contributed by atoms with Gasteiger partial charge in [0.1, 0.15) is 14.2 Å². The van der Waals surface area contributed by atoms with Crippen LogP contribution in [0.15, 0.2) is 0 Å². The van der Waals surface area contributed by atoms with Gasteiger partial charge in [-0.2, -0.15) is 0 Å². The van der Waals surface area contributed by atoms with Crippen molar-refractivity contribution < 1.29 is 9.53 Å². The van der Waals surface area contributed by atoms with Gasteiger partial charge < -0.3 is 9.53 Å². The maximum Gasteiger partial charge on any atom is 0.191 e. The molecule has 0 radical (unpaired) electrons. The maximum atomic E-state index is 10.1. The zero-order valence-corrected chi connectivity index (χ0v) is 16.2. The van der Waals surface area contributed by atoms with Crippen molar-refractivity contribution in [1.29, 1.82) is 0 Å². The zero-order valence-electron chi connectivity index (χ0n) is 14.2. The average Bonchev–Trinajstić information content (AvgIpc) is 2.19. The smallest absolute Gasteiger partial charge is 0.191 e. The number of hydrogen-bond donors (Lipinski definition) is 1. The van der Waals surface area contributed by atoms with E-state index in [1.54, 1.807) is 0 Å². The SMILES string of the molecule is C[C@H](CO[Si](C)(C)C(C)(C)C)[C@@H](O)C#C[Si](C)(C)C. The largest absolute Gasteiger partial charge is 0.416 e. The first-order valence-corrected chi connectivity index (χ1v) is 13.5. The molecular weight excluding hydrogens is 268 g/mol. The maximum absolute atomic E-state index is 10.1. The second kappa shape index (κ2) is 6.58. The average molecular weight is 301 g/mol. The lowest BCUT2D eigenvalue weighted by Gasteiger charge is -2.37. The Morgan fingerprint density at radius 1 is 1.11 bits per heavy atom. The van der Waals surface area contributed by atoms with Gasteiger partial charge in [0.25, 0.3) is 0 Å². The highest BCUT2D eigenvalue weighted by Gasteiger charge is 2.37. The lowest BCUT2D eigenvalue weighted by molar-refractivity contribution is 0.121. The number of hydrogen-bond acceptors (Lipinski definition) is 2. The van der Waals surface area contributed by atoms with Gasteiger partial charge in [-0.15, -0.1) is 5.54 Å². The molecule has 0 rings (SSSR count). The van der Waals surface area contributed by atoms with Crippen LogP contribution < -0.4 is 0 Å². The van der Waals surface area contributed by atoms with Gasteiger partial charge in [-0.25, -0.2) is 0 Å². The molecule has 0 amide bonds. The highest BCUT2D eigenvalue weighted by Crippen LogP contribution is 2.36. The Kier molecular flexibility index (Phi) is 6.55. The summed E-state index contributed by atoms with van der Waals surface area (Å²) >= 11 is 0. The fraction of sp³-hybridized carbons (Fsp3) is 0.867. The fourth-order valence-electron chi connectivity index (χ4n) is 1.08. The normalized spacial score (nSPS) is 16.5. The monoisotopic (exact) mass is 300 g/mol. The Hall–Kier alpha value is -0.0862. The second-order valence-electron chi connectivity index (χ2n) is 8.01. The van der Waals surface area contributed by atoms with Crippen LogP contribution in [0.25, 0.3) is 0 Å². The molecule has 0 aromatic rings. The molecule has 0 heterocycles. The van der Waals surface area contributed by atoms with E-state index in [9.17, 15) is 5.11 Å². The summed E-state index contributed by atoms with van der Waals surface area (Å²) in [6, 6.07) is 0. The Morgan fingerprint density at radius 3 is 1.95 bits per heavy atom. The van der Waals surface area contributed by atoms with E-state index in [1.165, 1.54) is 0 Å². The molecule has 0 aliphatic rings. The molecule has 0 saturated heterocycles. The van der Waals surface area contributed by atoms with Gasteiger partial charge in [0.05, 0.1) is 0 Å². The summed E-state index contributed by atoms with van der Waals surface area (Å²) in [4.78, 5) is 0. The van der Waals surface area contributed by atoms with Crippen molar-refractivity contribution in [2.24, 2.45) is 5.92 Å². The molecule has 0 fully saturated rings. The summed E-state index contributed by atoms with van der Waals surface area (Å²) in [5.41, 5.74) is 3.22. The Morgan fingerprint density at radius 2 is 1.58 bits per heavy atom. The van der Waals surface area contributed by atoms with E-state index in [2.05, 4.69) is 65.0 Å². The molecule has 2 atom stereocenters. The van der Waals surface area contributed by atoms with E-state index in [0.29, 0.717) is 6.61 Å². The summed E-state index contributed by atoms with van der Waals surface area (Å²) < 4.78 is 6.13. The molecule has 0 saturated carbocycles. The molecule has 0 aliphatic carbocycles. The molecule has 0 aromatic carbocycles. The molecule has 2 nitrogen and oxygen atoms in total. The molecule has 0 aliphatic heterocycles.